The Hall–Kier alpha value is -3.11. The highest BCUT2D eigenvalue weighted by atomic mass is 32.1. The van der Waals surface area contributed by atoms with Crippen molar-refractivity contribution in [3.05, 3.63) is 45.5 Å². The molecule has 3 aliphatic rings. The maximum Gasteiger partial charge on any atom is 0.255 e. The molecule has 3 aliphatic heterocycles. The first-order valence-electron chi connectivity index (χ1n) is 9.73. The molecule has 1 aromatic carbocycles. The molecule has 0 spiro atoms. The van der Waals surface area contributed by atoms with Gasteiger partial charge < -0.3 is 15.5 Å². The molecule has 1 aromatic heterocycles. The fraction of sp³-hybridized carbons (Fsp3) is 0.350. The monoisotopic (exact) mass is 425 g/mol. The summed E-state index contributed by atoms with van der Waals surface area (Å²) in [6.45, 7) is 1.75. The molecule has 0 bridgehead atoms. The van der Waals surface area contributed by atoms with Crippen LogP contribution in [-0.4, -0.2) is 46.0 Å². The molecule has 5 rings (SSSR count). The summed E-state index contributed by atoms with van der Waals surface area (Å²) in [5.41, 5.74) is 3.12. The Morgan fingerprint density at radius 1 is 1.20 bits per heavy atom. The highest BCUT2D eigenvalue weighted by molar-refractivity contribution is 7.17. The largest absolute Gasteiger partial charge is 0.357 e. The van der Waals surface area contributed by atoms with E-state index in [0.29, 0.717) is 48.2 Å². The number of anilines is 1. The van der Waals surface area contributed by atoms with E-state index < -0.39 is 11.9 Å². The molecule has 4 heterocycles. The number of hydrogen-bond donors (Lipinski definition) is 3. The van der Waals surface area contributed by atoms with E-state index in [4.69, 9.17) is 0 Å². The van der Waals surface area contributed by atoms with Crippen LogP contribution in [0.5, 0.6) is 0 Å². The highest BCUT2D eigenvalue weighted by Gasteiger charge is 2.39. The average Bonchev–Trinajstić information content (AvgIpc) is 3.29. The molecule has 0 saturated carbocycles. The van der Waals surface area contributed by atoms with Crippen LogP contribution in [0, 0.1) is 0 Å². The Bertz CT molecular complexity index is 1090. The van der Waals surface area contributed by atoms with Crippen LogP contribution in [0.25, 0.3) is 0 Å². The number of thiazole rings is 1. The van der Waals surface area contributed by atoms with Crippen LogP contribution in [0.4, 0.5) is 5.13 Å². The molecule has 154 valence electrons. The van der Waals surface area contributed by atoms with Gasteiger partial charge >= 0.3 is 0 Å². The Morgan fingerprint density at radius 3 is 2.87 bits per heavy atom. The molecule has 0 radical (unpaired) electrons. The van der Waals surface area contributed by atoms with Crippen LogP contribution in [0.1, 0.15) is 49.7 Å². The van der Waals surface area contributed by atoms with Gasteiger partial charge in [-0.3, -0.25) is 24.5 Å². The van der Waals surface area contributed by atoms with Crippen molar-refractivity contribution in [2.24, 2.45) is 0 Å². The van der Waals surface area contributed by atoms with Crippen molar-refractivity contribution in [2.75, 3.05) is 11.9 Å². The van der Waals surface area contributed by atoms with Gasteiger partial charge in [-0.25, -0.2) is 4.98 Å². The maximum absolute atomic E-state index is 12.9. The second-order valence-corrected chi connectivity index (χ2v) is 8.57. The average molecular weight is 425 g/mol. The van der Waals surface area contributed by atoms with E-state index in [1.807, 2.05) is 18.2 Å². The molecule has 9 nitrogen and oxygen atoms in total. The smallest absolute Gasteiger partial charge is 0.255 e. The second-order valence-electron chi connectivity index (χ2n) is 7.57. The SMILES string of the molecule is O=C1CCC(N2Cc3ccc(CNc4nc5c(s4)C(=O)CNC5)cc3C2=O)C(=O)N1. The number of nitrogens with one attached hydrogen (secondary N) is 3. The van der Waals surface area contributed by atoms with Crippen LogP contribution in [0.15, 0.2) is 18.2 Å². The van der Waals surface area contributed by atoms with Crippen molar-refractivity contribution in [3.63, 3.8) is 0 Å². The minimum atomic E-state index is -0.614. The van der Waals surface area contributed by atoms with Gasteiger partial charge in [-0.15, -0.1) is 0 Å². The predicted octanol–water partition coefficient (Wildman–Crippen LogP) is 0.802. The highest BCUT2D eigenvalue weighted by Crippen LogP contribution is 2.29. The van der Waals surface area contributed by atoms with Gasteiger partial charge in [0, 0.05) is 31.6 Å². The Labute approximate surface area is 175 Å². The summed E-state index contributed by atoms with van der Waals surface area (Å²) in [6, 6.07) is 5.05. The maximum atomic E-state index is 12.9. The molecular weight excluding hydrogens is 406 g/mol. The van der Waals surface area contributed by atoms with Gasteiger partial charge in [0.1, 0.15) is 6.04 Å². The minimum absolute atomic E-state index is 0.0541. The first-order chi connectivity index (χ1) is 14.5. The first kappa shape index (κ1) is 18.9. The number of carbonyl (C=O) groups is 4. The van der Waals surface area contributed by atoms with Gasteiger partial charge in [-0.2, -0.15) is 0 Å². The number of piperidine rings is 1. The summed E-state index contributed by atoms with van der Waals surface area (Å²) in [4.78, 5) is 55.1. The second kappa shape index (κ2) is 7.29. The molecule has 1 unspecified atom stereocenters. The van der Waals surface area contributed by atoms with Gasteiger partial charge in [0.25, 0.3) is 5.91 Å². The van der Waals surface area contributed by atoms with Crippen LogP contribution in [0.3, 0.4) is 0 Å². The Kier molecular flexibility index (Phi) is 4.59. The topological polar surface area (TPSA) is 120 Å². The van der Waals surface area contributed by atoms with Gasteiger partial charge in [-0.1, -0.05) is 23.5 Å². The molecule has 2 aromatic rings. The number of Topliss-reactive ketones (excluding diaryl/α,β-unsaturated/α-hetero) is 1. The molecular formula is C20H19N5O4S. The summed E-state index contributed by atoms with van der Waals surface area (Å²) in [5, 5.41) is 9.24. The zero-order chi connectivity index (χ0) is 20.8. The van der Waals surface area contributed by atoms with Crippen molar-refractivity contribution in [1.82, 2.24) is 20.5 Å². The number of imide groups is 1. The molecule has 10 heteroatoms. The fourth-order valence-electron chi connectivity index (χ4n) is 4.03. The predicted molar refractivity (Wildman–Crippen MR) is 108 cm³/mol. The summed E-state index contributed by atoms with van der Waals surface area (Å²) < 4.78 is 0. The number of ketones is 1. The zero-order valence-corrected chi connectivity index (χ0v) is 16.8. The number of rotatable bonds is 4. The van der Waals surface area contributed by atoms with Crippen molar-refractivity contribution < 1.29 is 19.2 Å². The number of fused-ring (bicyclic) bond motifs is 2. The van der Waals surface area contributed by atoms with E-state index in [2.05, 4.69) is 20.9 Å². The van der Waals surface area contributed by atoms with Crippen molar-refractivity contribution in [2.45, 2.75) is 38.5 Å². The first-order valence-corrected chi connectivity index (χ1v) is 10.5. The molecule has 1 atom stereocenters. The van der Waals surface area contributed by atoms with Gasteiger partial charge in [0.15, 0.2) is 10.9 Å². The fourth-order valence-corrected chi connectivity index (χ4v) is 4.94. The molecule has 1 fully saturated rings. The van der Waals surface area contributed by atoms with Crippen molar-refractivity contribution in [1.29, 1.82) is 0 Å². The number of benzene rings is 1. The lowest BCUT2D eigenvalue weighted by Crippen LogP contribution is -2.52. The van der Waals surface area contributed by atoms with E-state index in [1.165, 1.54) is 16.2 Å². The number of carbonyl (C=O) groups excluding carboxylic acids is 4. The van der Waals surface area contributed by atoms with E-state index in [-0.39, 0.29) is 24.0 Å². The zero-order valence-electron chi connectivity index (χ0n) is 16.0. The van der Waals surface area contributed by atoms with E-state index in [0.717, 1.165) is 16.8 Å². The molecule has 0 aliphatic carbocycles. The van der Waals surface area contributed by atoms with Gasteiger partial charge in [0.2, 0.25) is 11.8 Å². The standard InChI is InChI=1S/C20H19N5O4S/c26-15-8-21-7-13-17(15)30-20(23-13)22-6-10-1-2-11-9-25(19(29)12(11)5-10)14-3-4-16(27)24-18(14)28/h1-2,5,14,21H,3-4,6-9H2,(H,22,23)(H,24,27,28). The van der Waals surface area contributed by atoms with Crippen molar-refractivity contribution >= 4 is 40.0 Å². The minimum Gasteiger partial charge on any atom is -0.357 e. The molecule has 3 amide bonds. The normalized spacial score (nSPS) is 20.8. The molecule has 1 saturated heterocycles. The Balaban J connectivity index is 1.29. The summed E-state index contributed by atoms with van der Waals surface area (Å²) in [6.07, 6.45) is 0.586. The molecule has 3 N–H and O–H groups in total. The van der Waals surface area contributed by atoms with E-state index in [1.54, 1.807) is 0 Å². The molecule has 30 heavy (non-hydrogen) atoms. The third-order valence-corrected chi connectivity index (χ3v) is 6.66. The van der Waals surface area contributed by atoms with E-state index >= 15 is 0 Å². The summed E-state index contributed by atoms with van der Waals surface area (Å²) in [7, 11) is 0. The number of nitrogens with zero attached hydrogens (tertiary/aromatic N) is 2. The van der Waals surface area contributed by atoms with Crippen molar-refractivity contribution in [3.8, 4) is 0 Å². The van der Waals surface area contributed by atoms with Crippen LogP contribution < -0.4 is 16.0 Å². The van der Waals surface area contributed by atoms with Gasteiger partial charge in [-0.05, 0) is 23.6 Å². The van der Waals surface area contributed by atoms with Crippen LogP contribution >= 0.6 is 11.3 Å². The summed E-state index contributed by atoms with van der Waals surface area (Å²) in [5.74, 6) is -0.845. The number of amides is 3. The van der Waals surface area contributed by atoms with Crippen LogP contribution in [-0.2, 0) is 29.2 Å². The summed E-state index contributed by atoms with van der Waals surface area (Å²) >= 11 is 1.35. The van der Waals surface area contributed by atoms with Gasteiger partial charge in [0.05, 0.1) is 17.1 Å². The van der Waals surface area contributed by atoms with E-state index in [9.17, 15) is 19.2 Å². The third kappa shape index (κ3) is 3.27. The number of hydrogen-bond acceptors (Lipinski definition) is 8. The van der Waals surface area contributed by atoms with Crippen LogP contribution in [0.2, 0.25) is 0 Å². The lowest BCUT2D eigenvalue weighted by molar-refractivity contribution is -0.136. The Morgan fingerprint density at radius 2 is 2.07 bits per heavy atom. The third-order valence-electron chi connectivity index (χ3n) is 5.56. The lowest BCUT2D eigenvalue weighted by atomic mass is 10.0. The quantitative estimate of drug-likeness (QED) is 0.620. The lowest BCUT2D eigenvalue weighted by Gasteiger charge is -2.29. The number of aromatic nitrogens is 1.